The summed E-state index contributed by atoms with van der Waals surface area (Å²) in [7, 11) is 0. The van der Waals surface area contributed by atoms with Crippen LogP contribution in [0.5, 0.6) is 0 Å². The van der Waals surface area contributed by atoms with Gasteiger partial charge in [0, 0.05) is 15.7 Å². The Kier molecular flexibility index (Phi) is 4.61. The van der Waals surface area contributed by atoms with Crippen LogP contribution in [0.3, 0.4) is 0 Å². The Morgan fingerprint density at radius 1 is 1.15 bits per heavy atom. The first-order chi connectivity index (χ1) is 9.52. The minimum Gasteiger partial charge on any atom is -0.321 e. The molecule has 2 nitrogen and oxygen atoms in total. The van der Waals surface area contributed by atoms with Crippen LogP contribution < -0.4 is 5.32 Å². The Hall–Kier alpha value is -1.61. The van der Waals surface area contributed by atoms with Gasteiger partial charge in [0.25, 0.3) is 5.91 Å². The molecule has 1 amide bonds. The van der Waals surface area contributed by atoms with Gasteiger partial charge in [-0.25, -0.2) is 0 Å². The zero-order valence-electron chi connectivity index (χ0n) is 12.0. The highest BCUT2D eigenvalue weighted by molar-refractivity contribution is 9.10. The third kappa shape index (κ3) is 3.10. The average Bonchev–Trinajstić information content (AvgIpc) is 2.44. The number of rotatable bonds is 3. The summed E-state index contributed by atoms with van der Waals surface area (Å²) in [6.07, 6.45) is 0.898. The van der Waals surface area contributed by atoms with E-state index in [0.29, 0.717) is 5.56 Å². The lowest BCUT2D eigenvalue weighted by Crippen LogP contribution is -2.14. The summed E-state index contributed by atoms with van der Waals surface area (Å²) in [4.78, 5) is 12.4. The van der Waals surface area contributed by atoms with Gasteiger partial charge >= 0.3 is 0 Å². The summed E-state index contributed by atoms with van der Waals surface area (Å²) < 4.78 is 0.950. The zero-order valence-corrected chi connectivity index (χ0v) is 13.5. The lowest BCUT2D eigenvalue weighted by Gasteiger charge is -2.13. The van der Waals surface area contributed by atoms with E-state index in [1.807, 2.05) is 50.2 Å². The van der Waals surface area contributed by atoms with E-state index in [4.69, 9.17) is 0 Å². The second-order valence-electron chi connectivity index (χ2n) is 4.88. The van der Waals surface area contributed by atoms with Gasteiger partial charge in [-0.05, 0) is 49.1 Å². The van der Waals surface area contributed by atoms with Crippen LogP contribution in [-0.2, 0) is 6.42 Å². The molecule has 3 heteroatoms. The molecule has 0 aliphatic heterocycles. The van der Waals surface area contributed by atoms with Crippen molar-refractivity contribution in [3.63, 3.8) is 0 Å². The maximum Gasteiger partial charge on any atom is 0.255 e. The Morgan fingerprint density at radius 2 is 1.90 bits per heavy atom. The van der Waals surface area contributed by atoms with Gasteiger partial charge in [-0.15, -0.1) is 0 Å². The minimum atomic E-state index is -0.0744. The molecular formula is C17H18BrNO. The van der Waals surface area contributed by atoms with Crippen molar-refractivity contribution in [2.45, 2.75) is 27.2 Å². The van der Waals surface area contributed by atoms with E-state index in [9.17, 15) is 4.79 Å². The molecule has 0 saturated carbocycles. The topological polar surface area (TPSA) is 29.1 Å². The van der Waals surface area contributed by atoms with Gasteiger partial charge in [-0.1, -0.05) is 47.1 Å². The molecule has 0 saturated heterocycles. The standard InChI is InChI=1S/C17H18BrNO/c1-4-13-7-5-6-12(3)16(13)19-17(20)14-9-8-11(2)15(18)10-14/h5-10H,4H2,1-3H3,(H,19,20). The van der Waals surface area contributed by atoms with E-state index in [-0.39, 0.29) is 5.91 Å². The van der Waals surface area contributed by atoms with Crippen molar-refractivity contribution in [1.29, 1.82) is 0 Å². The molecule has 2 rings (SSSR count). The summed E-state index contributed by atoms with van der Waals surface area (Å²) in [6.45, 7) is 6.11. The molecule has 0 bridgehead atoms. The molecule has 2 aromatic rings. The second kappa shape index (κ2) is 6.23. The molecule has 0 radical (unpaired) electrons. The van der Waals surface area contributed by atoms with Crippen LogP contribution in [-0.4, -0.2) is 5.91 Å². The number of hydrogen-bond acceptors (Lipinski definition) is 1. The Morgan fingerprint density at radius 3 is 2.55 bits per heavy atom. The van der Waals surface area contributed by atoms with E-state index in [1.54, 1.807) is 0 Å². The first-order valence-electron chi connectivity index (χ1n) is 6.69. The van der Waals surface area contributed by atoms with Crippen LogP contribution >= 0.6 is 15.9 Å². The number of anilines is 1. The monoisotopic (exact) mass is 331 g/mol. The molecular weight excluding hydrogens is 314 g/mol. The second-order valence-corrected chi connectivity index (χ2v) is 5.74. The lowest BCUT2D eigenvalue weighted by atomic mass is 10.1. The Labute approximate surface area is 128 Å². The van der Waals surface area contributed by atoms with E-state index >= 15 is 0 Å². The van der Waals surface area contributed by atoms with Crippen molar-refractivity contribution >= 4 is 27.5 Å². The fraction of sp³-hybridized carbons (Fsp3) is 0.235. The highest BCUT2D eigenvalue weighted by Crippen LogP contribution is 2.23. The molecule has 0 unspecified atom stereocenters. The molecule has 0 aliphatic carbocycles. The lowest BCUT2D eigenvalue weighted by molar-refractivity contribution is 0.102. The fourth-order valence-electron chi connectivity index (χ4n) is 2.12. The van der Waals surface area contributed by atoms with Crippen molar-refractivity contribution in [3.8, 4) is 0 Å². The number of carbonyl (C=O) groups excluding carboxylic acids is 1. The fourth-order valence-corrected chi connectivity index (χ4v) is 2.50. The maximum absolute atomic E-state index is 12.4. The molecule has 20 heavy (non-hydrogen) atoms. The first kappa shape index (κ1) is 14.8. The molecule has 0 heterocycles. The van der Waals surface area contributed by atoms with Gasteiger partial charge in [0.05, 0.1) is 0 Å². The third-order valence-electron chi connectivity index (χ3n) is 3.41. The highest BCUT2D eigenvalue weighted by Gasteiger charge is 2.11. The highest BCUT2D eigenvalue weighted by atomic mass is 79.9. The summed E-state index contributed by atoms with van der Waals surface area (Å²) in [6, 6.07) is 11.7. The third-order valence-corrected chi connectivity index (χ3v) is 4.27. The normalized spacial score (nSPS) is 10.4. The van der Waals surface area contributed by atoms with Gasteiger partial charge in [-0.3, -0.25) is 4.79 Å². The number of carbonyl (C=O) groups is 1. The maximum atomic E-state index is 12.4. The number of aryl methyl sites for hydroxylation is 3. The quantitative estimate of drug-likeness (QED) is 0.853. The van der Waals surface area contributed by atoms with Crippen molar-refractivity contribution in [3.05, 3.63) is 63.1 Å². The van der Waals surface area contributed by atoms with E-state index in [1.165, 1.54) is 0 Å². The number of para-hydroxylation sites is 1. The molecule has 1 N–H and O–H groups in total. The summed E-state index contributed by atoms with van der Waals surface area (Å²) in [5.74, 6) is -0.0744. The van der Waals surface area contributed by atoms with Crippen molar-refractivity contribution < 1.29 is 4.79 Å². The molecule has 0 fully saturated rings. The van der Waals surface area contributed by atoms with E-state index < -0.39 is 0 Å². The Balaban J connectivity index is 2.30. The first-order valence-corrected chi connectivity index (χ1v) is 7.48. The molecule has 104 valence electrons. The van der Waals surface area contributed by atoms with Crippen LogP contribution in [0.25, 0.3) is 0 Å². The van der Waals surface area contributed by atoms with E-state index in [2.05, 4.69) is 28.2 Å². The average molecular weight is 332 g/mol. The molecule has 0 aliphatic rings. The van der Waals surface area contributed by atoms with Crippen LogP contribution in [0.15, 0.2) is 40.9 Å². The number of nitrogens with one attached hydrogen (secondary N) is 1. The SMILES string of the molecule is CCc1cccc(C)c1NC(=O)c1ccc(C)c(Br)c1. The smallest absolute Gasteiger partial charge is 0.255 e. The van der Waals surface area contributed by atoms with Gasteiger partial charge in [0.15, 0.2) is 0 Å². The number of amides is 1. The van der Waals surface area contributed by atoms with Crippen LogP contribution in [0.4, 0.5) is 5.69 Å². The van der Waals surface area contributed by atoms with Gasteiger partial charge in [0.2, 0.25) is 0 Å². The molecule has 0 atom stereocenters. The van der Waals surface area contributed by atoms with Gasteiger partial charge in [0.1, 0.15) is 0 Å². The molecule has 2 aromatic carbocycles. The minimum absolute atomic E-state index is 0.0744. The largest absolute Gasteiger partial charge is 0.321 e. The van der Waals surface area contributed by atoms with Gasteiger partial charge in [-0.2, -0.15) is 0 Å². The predicted octanol–water partition coefficient (Wildman–Crippen LogP) is 4.88. The summed E-state index contributed by atoms with van der Waals surface area (Å²) >= 11 is 3.46. The van der Waals surface area contributed by atoms with Crippen LogP contribution in [0.2, 0.25) is 0 Å². The molecule has 0 spiro atoms. The number of halogens is 1. The van der Waals surface area contributed by atoms with Gasteiger partial charge < -0.3 is 5.32 Å². The number of benzene rings is 2. The van der Waals surface area contributed by atoms with Crippen molar-refractivity contribution in [1.82, 2.24) is 0 Å². The molecule has 0 aromatic heterocycles. The van der Waals surface area contributed by atoms with E-state index in [0.717, 1.165) is 33.3 Å². The van der Waals surface area contributed by atoms with Crippen LogP contribution in [0.1, 0.15) is 34.0 Å². The number of hydrogen-bond donors (Lipinski definition) is 1. The van der Waals surface area contributed by atoms with Crippen molar-refractivity contribution in [2.75, 3.05) is 5.32 Å². The summed E-state index contributed by atoms with van der Waals surface area (Å²) in [5, 5.41) is 3.03. The zero-order chi connectivity index (χ0) is 14.7. The van der Waals surface area contributed by atoms with Crippen LogP contribution in [0, 0.1) is 13.8 Å². The predicted molar refractivity (Wildman–Crippen MR) is 87.4 cm³/mol. The van der Waals surface area contributed by atoms with Crippen molar-refractivity contribution in [2.24, 2.45) is 0 Å². The Bertz CT molecular complexity index is 649. The summed E-state index contributed by atoms with van der Waals surface area (Å²) in [5.41, 5.74) is 4.95.